The first-order valence-corrected chi connectivity index (χ1v) is 6.20. The number of aromatic nitrogens is 1. The van der Waals surface area contributed by atoms with Gasteiger partial charge in [-0.15, -0.1) is 0 Å². The Kier molecular flexibility index (Phi) is 3.61. The van der Waals surface area contributed by atoms with Gasteiger partial charge >= 0.3 is 0 Å². The zero-order chi connectivity index (χ0) is 12.3. The average molecular weight is 268 g/mol. The van der Waals surface area contributed by atoms with Crippen LogP contribution in [0.25, 0.3) is 0 Å². The number of amides is 1. The molecule has 0 atom stereocenters. The second-order valence-electron chi connectivity index (χ2n) is 3.38. The number of nitrogens with one attached hydrogen (secondary N) is 1. The van der Waals surface area contributed by atoms with E-state index in [0.29, 0.717) is 11.6 Å². The van der Waals surface area contributed by atoms with Gasteiger partial charge in [0, 0.05) is 6.54 Å². The molecule has 3 N–H and O–H groups in total. The molecule has 17 heavy (non-hydrogen) atoms. The number of anilines is 1. The van der Waals surface area contributed by atoms with Gasteiger partial charge in [0.25, 0.3) is 5.91 Å². The van der Waals surface area contributed by atoms with Gasteiger partial charge < -0.3 is 11.1 Å². The fourth-order valence-corrected chi connectivity index (χ4v) is 2.14. The first-order valence-electron chi connectivity index (χ1n) is 4.88. The van der Waals surface area contributed by atoms with Crippen molar-refractivity contribution < 1.29 is 4.79 Å². The smallest absolute Gasteiger partial charge is 0.271 e. The van der Waals surface area contributed by atoms with E-state index in [2.05, 4.69) is 10.3 Å². The molecular formula is C11H10ClN3OS. The number of hydrogen-bond donors (Lipinski definition) is 2. The van der Waals surface area contributed by atoms with Crippen LogP contribution in [0.2, 0.25) is 5.02 Å². The summed E-state index contributed by atoms with van der Waals surface area (Å²) in [4.78, 5) is 15.7. The molecule has 0 aromatic carbocycles. The number of nitrogens with zero attached hydrogens (tertiary/aromatic N) is 1. The summed E-state index contributed by atoms with van der Waals surface area (Å²) in [5.74, 6) is -0.0522. The Bertz CT molecular complexity index is 528. The number of pyridine rings is 1. The van der Waals surface area contributed by atoms with E-state index < -0.39 is 0 Å². The quantitative estimate of drug-likeness (QED) is 0.897. The van der Waals surface area contributed by atoms with Crippen LogP contribution in [-0.2, 0) is 6.54 Å². The molecule has 2 heterocycles. The van der Waals surface area contributed by atoms with Gasteiger partial charge in [0.15, 0.2) is 0 Å². The molecule has 0 radical (unpaired) electrons. The first kappa shape index (κ1) is 11.9. The number of nitrogen functional groups attached to an aromatic ring is 1. The highest BCUT2D eigenvalue weighted by molar-refractivity contribution is 7.07. The minimum absolute atomic E-state index is 0.155. The van der Waals surface area contributed by atoms with E-state index in [4.69, 9.17) is 17.3 Å². The van der Waals surface area contributed by atoms with Gasteiger partial charge in [-0.1, -0.05) is 11.6 Å². The van der Waals surface area contributed by atoms with Gasteiger partial charge in [-0.25, -0.2) is 4.98 Å². The van der Waals surface area contributed by atoms with Crippen molar-refractivity contribution >= 4 is 34.7 Å². The van der Waals surface area contributed by atoms with Crippen molar-refractivity contribution in [2.75, 3.05) is 5.73 Å². The van der Waals surface area contributed by atoms with Gasteiger partial charge in [-0.05, 0) is 34.5 Å². The van der Waals surface area contributed by atoms with E-state index in [1.165, 1.54) is 0 Å². The van der Waals surface area contributed by atoms with E-state index in [-0.39, 0.29) is 17.4 Å². The highest BCUT2D eigenvalue weighted by Gasteiger charge is 2.12. The summed E-state index contributed by atoms with van der Waals surface area (Å²) < 4.78 is 0. The SMILES string of the molecule is Nc1ccc(Cl)c(C(=O)NCc2ccsc2)n1. The highest BCUT2D eigenvalue weighted by Crippen LogP contribution is 2.15. The summed E-state index contributed by atoms with van der Waals surface area (Å²) in [6.07, 6.45) is 0. The topological polar surface area (TPSA) is 68.0 Å². The van der Waals surface area contributed by atoms with Crippen LogP contribution in [0.15, 0.2) is 29.0 Å². The summed E-state index contributed by atoms with van der Waals surface area (Å²) in [7, 11) is 0. The predicted molar refractivity (Wildman–Crippen MR) is 69.1 cm³/mol. The molecule has 0 bridgehead atoms. The number of hydrogen-bond acceptors (Lipinski definition) is 4. The summed E-state index contributed by atoms with van der Waals surface area (Å²) in [6, 6.07) is 5.06. The van der Waals surface area contributed by atoms with Gasteiger partial charge in [-0.3, -0.25) is 4.79 Å². The summed E-state index contributed by atoms with van der Waals surface area (Å²) in [5, 5.41) is 6.95. The number of nitrogens with two attached hydrogens (primary N) is 1. The Hall–Kier alpha value is -1.59. The van der Waals surface area contributed by atoms with Gasteiger partial charge in [0.2, 0.25) is 0 Å². The Morgan fingerprint density at radius 2 is 2.29 bits per heavy atom. The van der Waals surface area contributed by atoms with Crippen LogP contribution in [0.4, 0.5) is 5.82 Å². The van der Waals surface area contributed by atoms with Crippen LogP contribution in [0, 0.1) is 0 Å². The zero-order valence-electron chi connectivity index (χ0n) is 8.81. The number of carbonyl (C=O) groups is 1. The van der Waals surface area contributed by atoms with E-state index in [1.54, 1.807) is 23.5 Å². The van der Waals surface area contributed by atoms with Crippen molar-refractivity contribution in [2.45, 2.75) is 6.54 Å². The molecule has 88 valence electrons. The average Bonchev–Trinajstić information content (AvgIpc) is 2.82. The van der Waals surface area contributed by atoms with E-state index >= 15 is 0 Å². The minimum atomic E-state index is -0.325. The number of rotatable bonds is 3. The van der Waals surface area contributed by atoms with Crippen LogP contribution >= 0.6 is 22.9 Å². The Labute approximate surface area is 107 Å². The van der Waals surface area contributed by atoms with Crippen molar-refractivity contribution in [3.05, 3.63) is 45.2 Å². The summed E-state index contributed by atoms with van der Waals surface area (Å²) in [6.45, 7) is 0.454. The fourth-order valence-electron chi connectivity index (χ4n) is 1.28. The summed E-state index contributed by atoms with van der Waals surface area (Å²) >= 11 is 7.45. The molecule has 0 saturated heterocycles. The Morgan fingerprint density at radius 3 is 3.00 bits per heavy atom. The van der Waals surface area contributed by atoms with Gasteiger partial charge in [0.1, 0.15) is 11.5 Å². The molecule has 0 aliphatic carbocycles. The van der Waals surface area contributed by atoms with Crippen molar-refractivity contribution in [3.63, 3.8) is 0 Å². The van der Waals surface area contributed by atoms with Gasteiger partial charge in [0.05, 0.1) is 5.02 Å². The third-order valence-corrected chi connectivity index (χ3v) is 3.15. The molecule has 4 nitrogen and oxygen atoms in total. The van der Waals surface area contributed by atoms with Crippen molar-refractivity contribution in [2.24, 2.45) is 0 Å². The molecule has 0 saturated carbocycles. The second kappa shape index (κ2) is 5.16. The molecule has 2 rings (SSSR count). The molecular weight excluding hydrogens is 258 g/mol. The third-order valence-electron chi connectivity index (χ3n) is 2.12. The molecule has 2 aromatic heterocycles. The lowest BCUT2D eigenvalue weighted by molar-refractivity contribution is 0.0946. The number of thiophene rings is 1. The highest BCUT2D eigenvalue weighted by atomic mass is 35.5. The number of carbonyl (C=O) groups excluding carboxylic acids is 1. The van der Waals surface area contributed by atoms with Gasteiger partial charge in [-0.2, -0.15) is 11.3 Å². The fraction of sp³-hybridized carbons (Fsp3) is 0.0909. The van der Waals surface area contributed by atoms with E-state index in [0.717, 1.165) is 5.56 Å². The lowest BCUT2D eigenvalue weighted by Crippen LogP contribution is -2.24. The molecule has 6 heteroatoms. The normalized spacial score (nSPS) is 10.2. The molecule has 0 unspecified atom stereocenters. The molecule has 2 aromatic rings. The minimum Gasteiger partial charge on any atom is -0.384 e. The maximum Gasteiger partial charge on any atom is 0.271 e. The predicted octanol–water partition coefficient (Wildman–Crippen LogP) is 2.31. The van der Waals surface area contributed by atoms with Crippen molar-refractivity contribution in [1.82, 2.24) is 10.3 Å². The second-order valence-corrected chi connectivity index (χ2v) is 4.57. The van der Waals surface area contributed by atoms with Crippen LogP contribution in [0.5, 0.6) is 0 Å². The Balaban J connectivity index is 2.07. The monoisotopic (exact) mass is 267 g/mol. The first-order chi connectivity index (χ1) is 8.16. The largest absolute Gasteiger partial charge is 0.384 e. The van der Waals surface area contributed by atoms with Crippen molar-refractivity contribution in [1.29, 1.82) is 0 Å². The van der Waals surface area contributed by atoms with E-state index in [9.17, 15) is 4.79 Å². The zero-order valence-corrected chi connectivity index (χ0v) is 10.4. The van der Waals surface area contributed by atoms with Crippen molar-refractivity contribution in [3.8, 4) is 0 Å². The molecule has 0 fully saturated rings. The van der Waals surface area contributed by atoms with Crippen LogP contribution in [0.3, 0.4) is 0 Å². The maximum absolute atomic E-state index is 11.8. The Morgan fingerprint density at radius 1 is 1.47 bits per heavy atom. The lowest BCUT2D eigenvalue weighted by atomic mass is 10.3. The molecule has 0 aliphatic heterocycles. The molecule has 0 aliphatic rings. The van der Waals surface area contributed by atoms with Crippen LogP contribution < -0.4 is 11.1 Å². The number of halogens is 1. The maximum atomic E-state index is 11.8. The standard InChI is InChI=1S/C11H10ClN3OS/c12-8-1-2-9(13)15-10(8)11(16)14-5-7-3-4-17-6-7/h1-4,6H,5H2,(H2,13,15)(H,14,16). The van der Waals surface area contributed by atoms with Crippen LogP contribution in [-0.4, -0.2) is 10.9 Å². The third kappa shape index (κ3) is 2.95. The van der Waals surface area contributed by atoms with Crippen LogP contribution in [0.1, 0.15) is 16.1 Å². The molecule has 0 spiro atoms. The summed E-state index contributed by atoms with van der Waals surface area (Å²) in [5.41, 5.74) is 6.71. The molecule has 1 amide bonds. The van der Waals surface area contributed by atoms with E-state index in [1.807, 2.05) is 16.8 Å². The lowest BCUT2D eigenvalue weighted by Gasteiger charge is -2.05.